The third kappa shape index (κ3) is 4.54. The van der Waals surface area contributed by atoms with E-state index in [9.17, 15) is 19.2 Å². The molecule has 3 fully saturated rings. The van der Waals surface area contributed by atoms with E-state index in [1.54, 1.807) is 28.5 Å². The maximum atomic E-state index is 13.3. The van der Waals surface area contributed by atoms with Crippen LogP contribution in [0.2, 0.25) is 0 Å². The van der Waals surface area contributed by atoms with E-state index in [4.69, 9.17) is 4.74 Å². The first kappa shape index (κ1) is 21.9. The van der Waals surface area contributed by atoms with E-state index in [2.05, 4.69) is 0 Å². The zero-order valence-corrected chi connectivity index (χ0v) is 18.1. The van der Waals surface area contributed by atoms with Crippen LogP contribution in [0.1, 0.15) is 39.0 Å². The largest absolute Gasteiger partial charge is 0.450 e. The summed E-state index contributed by atoms with van der Waals surface area (Å²) in [5.41, 5.74) is 0. The Morgan fingerprint density at radius 1 is 1.03 bits per heavy atom. The molecule has 4 amide bonds. The number of fused-ring (bicyclic) bond motifs is 1. The van der Waals surface area contributed by atoms with Crippen molar-refractivity contribution in [1.29, 1.82) is 0 Å². The molecule has 2 saturated heterocycles. The van der Waals surface area contributed by atoms with Crippen LogP contribution in [0.4, 0.5) is 4.79 Å². The number of amides is 4. The van der Waals surface area contributed by atoms with Gasteiger partial charge >= 0.3 is 6.09 Å². The summed E-state index contributed by atoms with van der Waals surface area (Å²) in [7, 11) is 0. The molecule has 3 aliphatic rings. The first-order chi connectivity index (χ1) is 14.0. The van der Waals surface area contributed by atoms with Gasteiger partial charge in [0.05, 0.1) is 18.4 Å². The summed E-state index contributed by atoms with van der Waals surface area (Å²) in [5.74, 6) is -0.300. The standard InChI is InChI=1S/C20H31N3O5S/c1-3-28-20(27)22-11-9-21(10-12-22)19(26)16(8-13-29-2)23-17(24)14-6-4-5-7-15(14)18(23)25/h14-16H,3-13H2,1-2H3. The average Bonchev–Trinajstić information content (AvgIpc) is 2.99. The van der Waals surface area contributed by atoms with E-state index in [0.29, 0.717) is 45.0 Å². The number of hydrogen-bond donors (Lipinski definition) is 0. The number of hydrogen-bond acceptors (Lipinski definition) is 6. The Morgan fingerprint density at radius 3 is 2.10 bits per heavy atom. The highest BCUT2D eigenvalue weighted by atomic mass is 32.2. The molecule has 0 bridgehead atoms. The molecule has 0 radical (unpaired) electrons. The Hall–Kier alpha value is -1.77. The number of likely N-dealkylation sites (tertiary alicyclic amines) is 1. The summed E-state index contributed by atoms with van der Waals surface area (Å²) >= 11 is 1.60. The second kappa shape index (κ2) is 9.82. The molecule has 0 N–H and O–H groups in total. The zero-order chi connectivity index (χ0) is 21.0. The van der Waals surface area contributed by atoms with E-state index in [1.807, 2.05) is 6.26 Å². The molecule has 8 nitrogen and oxygen atoms in total. The predicted octanol–water partition coefficient (Wildman–Crippen LogP) is 1.58. The van der Waals surface area contributed by atoms with Crippen LogP contribution in [0.3, 0.4) is 0 Å². The van der Waals surface area contributed by atoms with Crippen molar-refractivity contribution >= 4 is 35.6 Å². The first-order valence-corrected chi connectivity index (χ1v) is 11.9. The van der Waals surface area contributed by atoms with Crippen molar-refractivity contribution in [3.8, 4) is 0 Å². The van der Waals surface area contributed by atoms with Gasteiger partial charge in [-0.15, -0.1) is 0 Å². The fourth-order valence-electron chi connectivity index (χ4n) is 4.62. The van der Waals surface area contributed by atoms with Gasteiger partial charge in [-0.3, -0.25) is 19.3 Å². The topological polar surface area (TPSA) is 87.2 Å². The van der Waals surface area contributed by atoms with Gasteiger partial charge in [-0.25, -0.2) is 4.79 Å². The number of carbonyl (C=O) groups is 4. The Kier molecular flexibility index (Phi) is 7.43. The number of imide groups is 1. The lowest BCUT2D eigenvalue weighted by atomic mass is 9.81. The summed E-state index contributed by atoms with van der Waals surface area (Å²) in [6, 6.07) is -0.734. The fourth-order valence-corrected chi connectivity index (χ4v) is 5.08. The molecule has 9 heteroatoms. The lowest BCUT2D eigenvalue weighted by Gasteiger charge is -2.37. The summed E-state index contributed by atoms with van der Waals surface area (Å²) in [6.07, 6.45) is 5.47. The van der Waals surface area contributed by atoms with Gasteiger partial charge in [-0.05, 0) is 38.2 Å². The maximum Gasteiger partial charge on any atom is 0.409 e. The number of thioether (sulfide) groups is 1. The van der Waals surface area contributed by atoms with Crippen molar-refractivity contribution < 1.29 is 23.9 Å². The van der Waals surface area contributed by atoms with Crippen LogP contribution >= 0.6 is 11.8 Å². The summed E-state index contributed by atoms with van der Waals surface area (Å²) in [4.78, 5) is 55.8. The van der Waals surface area contributed by atoms with Crippen molar-refractivity contribution in [2.24, 2.45) is 11.8 Å². The molecule has 2 heterocycles. The van der Waals surface area contributed by atoms with Gasteiger partial charge in [-0.1, -0.05) is 12.8 Å². The van der Waals surface area contributed by atoms with E-state index in [-0.39, 0.29) is 35.7 Å². The van der Waals surface area contributed by atoms with Gasteiger partial charge in [0.15, 0.2) is 0 Å². The molecule has 2 aliphatic heterocycles. The normalized spacial score (nSPS) is 25.8. The van der Waals surface area contributed by atoms with Crippen LogP contribution < -0.4 is 0 Å². The third-order valence-electron chi connectivity index (χ3n) is 6.18. The zero-order valence-electron chi connectivity index (χ0n) is 17.3. The molecular formula is C20H31N3O5S. The van der Waals surface area contributed by atoms with Gasteiger partial charge in [0, 0.05) is 26.2 Å². The molecule has 0 aromatic carbocycles. The summed E-state index contributed by atoms with van der Waals surface area (Å²) in [6.45, 7) is 3.64. The van der Waals surface area contributed by atoms with Crippen molar-refractivity contribution in [2.75, 3.05) is 44.8 Å². The second-order valence-electron chi connectivity index (χ2n) is 7.85. The first-order valence-electron chi connectivity index (χ1n) is 10.6. The lowest BCUT2D eigenvalue weighted by molar-refractivity contribution is -0.152. The Labute approximate surface area is 176 Å². The van der Waals surface area contributed by atoms with Gasteiger partial charge in [0.25, 0.3) is 0 Å². The Morgan fingerprint density at radius 2 is 1.59 bits per heavy atom. The van der Waals surface area contributed by atoms with Gasteiger partial charge in [-0.2, -0.15) is 11.8 Å². The SMILES string of the molecule is CCOC(=O)N1CCN(C(=O)C(CCSC)N2C(=O)C3CCCCC3C2=O)CC1. The fraction of sp³-hybridized carbons (Fsp3) is 0.800. The molecular weight excluding hydrogens is 394 g/mol. The molecule has 3 rings (SSSR count). The number of carbonyl (C=O) groups excluding carboxylic acids is 4. The van der Waals surface area contributed by atoms with Crippen LogP contribution in [0.25, 0.3) is 0 Å². The Balaban J connectivity index is 1.70. The summed E-state index contributed by atoms with van der Waals surface area (Å²) in [5, 5.41) is 0. The summed E-state index contributed by atoms with van der Waals surface area (Å²) < 4.78 is 5.02. The van der Waals surface area contributed by atoms with Crippen LogP contribution in [-0.4, -0.2) is 89.4 Å². The second-order valence-corrected chi connectivity index (χ2v) is 8.84. The van der Waals surface area contributed by atoms with Crippen LogP contribution in [-0.2, 0) is 19.1 Å². The van der Waals surface area contributed by atoms with Gasteiger partial charge < -0.3 is 14.5 Å². The third-order valence-corrected chi connectivity index (χ3v) is 6.83. The van der Waals surface area contributed by atoms with Crippen LogP contribution in [0.15, 0.2) is 0 Å². The molecule has 3 atom stereocenters. The molecule has 162 valence electrons. The highest BCUT2D eigenvalue weighted by Crippen LogP contribution is 2.39. The highest BCUT2D eigenvalue weighted by Gasteiger charge is 2.52. The van der Waals surface area contributed by atoms with Crippen molar-refractivity contribution in [2.45, 2.75) is 45.1 Å². The van der Waals surface area contributed by atoms with Crippen LogP contribution in [0.5, 0.6) is 0 Å². The molecule has 0 spiro atoms. The lowest BCUT2D eigenvalue weighted by Crippen LogP contribution is -2.57. The number of rotatable bonds is 6. The van der Waals surface area contributed by atoms with E-state index in [1.165, 1.54) is 4.90 Å². The molecule has 0 aromatic heterocycles. The Bertz CT molecular complexity index is 626. The van der Waals surface area contributed by atoms with Crippen molar-refractivity contribution in [3.63, 3.8) is 0 Å². The number of ether oxygens (including phenoxy) is 1. The maximum absolute atomic E-state index is 13.3. The van der Waals surface area contributed by atoms with Crippen LogP contribution in [0, 0.1) is 11.8 Å². The number of nitrogens with zero attached hydrogens (tertiary/aromatic N) is 3. The average molecular weight is 426 g/mol. The van der Waals surface area contributed by atoms with Crippen molar-refractivity contribution in [3.05, 3.63) is 0 Å². The van der Waals surface area contributed by atoms with E-state index in [0.717, 1.165) is 25.7 Å². The van der Waals surface area contributed by atoms with Gasteiger partial charge in [0.2, 0.25) is 17.7 Å². The number of piperazine rings is 1. The van der Waals surface area contributed by atoms with Crippen molar-refractivity contribution in [1.82, 2.24) is 14.7 Å². The molecule has 0 aromatic rings. The molecule has 1 saturated carbocycles. The molecule has 1 aliphatic carbocycles. The predicted molar refractivity (Wildman–Crippen MR) is 109 cm³/mol. The van der Waals surface area contributed by atoms with E-state index < -0.39 is 6.04 Å². The van der Waals surface area contributed by atoms with Gasteiger partial charge in [0.1, 0.15) is 6.04 Å². The minimum absolute atomic E-state index is 0.163. The minimum atomic E-state index is -0.734. The smallest absolute Gasteiger partial charge is 0.409 e. The minimum Gasteiger partial charge on any atom is -0.450 e. The quantitative estimate of drug-likeness (QED) is 0.601. The molecule has 3 unspecified atom stereocenters. The van der Waals surface area contributed by atoms with E-state index >= 15 is 0 Å². The highest BCUT2D eigenvalue weighted by molar-refractivity contribution is 7.98. The molecule has 29 heavy (non-hydrogen) atoms. The monoisotopic (exact) mass is 425 g/mol.